The highest BCUT2D eigenvalue weighted by Gasteiger charge is 2.12. The van der Waals surface area contributed by atoms with Crippen LogP contribution in [0.4, 0.5) is 0 Å². The van der Waals surface area contributed by atoms with Gasteiger partial charge in [-0.05, 0) is 18.6 Å². The van der Waals surface area contributed by atoms with Gasteiger partial charge < -0.3 is 14.4 Å². The van der Waals surface area contributed by atoms with Gasteiger partial charge in [0, 0.05) is 30.6 Å². The van der Waals surface area contributed by atoms with Gasteiger partial charge in [0.15, 0.2) is 5.82 Å². The summed E-state index contributed by atoms with van der Waals surface area (Å²) >= 11 is 0. The molecule has 22 heavy (non-hydrogen) atoms. The number of nitrogens with zero attached hydrogens (tertiary/aromatic N) is 3. The predicted octanol–water partition coefficient (Wildman–Crippen LogP) is 2.21. The molecular formula is C16H18N4O2. The number of fused-ring (bicyclic) bond motifs is 1. The fourth-order valence-electron chi connectivity index (χ4n) is 2.55. The van der Waals surface area contributed by atoms with Gasteiger partial charge in [0.25, 0.3) is 0 Å². The Hall–Kier alpha value is -2.63. The van der Waals surface area contributed by atoms with Crippen LogP contribution in [0.15, 0.2) is 35.0 Å². The molecule has 0 saturated carbocycles. The number of amides is 1. The lowest BCUT2D eigenvalue weighted by Gasteiger charge is -2.01. The minimum absolute atomic E-state index is 0.0542. The van der Waals surface area contributed by atoms with E-state index in [0.29, 0.717) is 18.1 Å². The number of carbonyl (C=O) groups is 1. The van der Waals surface area contributed by atoms with Crippen molar-refractivity contribution >= 4 is 16.8 Å². The lowest BCUT2D eigenvalue weighted by atomic mass is 10.1. The van der Waals surface area contributed by atoms with Crippen molar-refractivity contribution in [2.75, 3.05) is 0 Å². The average Bonchev–Trinajstić information content (AvgIpc) is 3.09. The predicted molar refractivity (Wildman–Crippen MR) is 82.2 cm³/mol. The van der Waals surface area contributed by atoms with Gasteiger partial charge >= 0.3 is 0 Å². The van der Waals surface area contributed by atoms with E-state index in [9.17, 15) is 4.79 Å². The summed E-state index contributed by atoms with van der Waals surface area (Å²) in [5, 5.41) is 7.70. The van der Waals surface area contributed by atoms with Gasteiger partial charge in [0.1, 0.15) is 0 Å². The Morgan fingerprint density at radius 3 is 2.91 bits per heavy atom. The van der Waals surface area contributed by atoms with Crippen molar-refractivity contribution in [2.45, 2.75) is 33.4 Å². The molecule has 0 bridgehead atoms. The van der Waals surface area contributed by atoms with Gasteiger partial charge in [0.2, 0.25) is 11.8 Å². The second kappa shape index (κ2) is 6.01. The highest BCUT2D eigenvalue weighted by atomic mass is 16.5. The van der Waals surface area contributed by atoms with Gasteiger partial charge in [-0.3, -0.25) is 4.79 Å². The van der Waals surface area contributed by atoms with Gasteiger partial charge in [-0.25, -0.2) is 0 Å². The molecule has 6 heteroatoms. The van der Waals surface area contributed by atoms with Crippen molar-refractivity contribution in [3.05, 3.63) is 47.7 Å². The Labute approximate surface area is 128 Å². The van der Waals surface area contributed by atoms with Crippen molar-refractivity contribution in [1.82, 2.24) is 20.0 Å². The number of carbonyl (C=O) groups excluding carboxylic acids is 1. The van der Waals surface area contributed by atoms with Crippen LogP contribution in [0.5, 0.6) is 0 Å². The molecule has 114 valence electrons. The van der Waals surface area contributed by atoms with Crippen LogP contribution < -0.4 is 5.32 Å². The molecule has 0 aliphatic heterocycles. The third kappa shape index (κ3) is 2.86. The third-order valence-corrected chi connectivity index (χ3v) is 3.58. The second-order valence-electron chi connectivity index (χ2n) is 5.14. The van der Waals surface area contributed by atoms with Crippen molar-refractivity contribution in [2.24, 2.45) is 0 Å². The smallest absolute Gasteiger partial charge is 0.224 e. The summed E-state index contributed by atoms with van der Waals surface area (Å²) in [5.74, 6) is 0.929. The van der Waals surface area contributed by atoms with Crippen LogP contribution in [-0.4, -0.2) is 20.6 Å². The SMILES string of the molecule is CCn1cc(CC(=O)NCc2noc(C)n2)c2ccccc21. The van der Waals surface area contributed by atoms with Crippen LogP contribution in [0.1, 0.15) is 24.2 Å². The number of nitrogens with one attached hydrogen (secondary N) is 1. The summed E-state index contributed by atoms with van der Waals surface area (Å²) in [6.45, 7) is 4.97. The Balaban J connectivity index is 1.71. The topological polar surface area (TPSA) is 73.0 Å². The Kier molecular flexibility index (Phi) is 3.91. The molecule has 0 aliphatic carbocycles. The van der Waals surface area contributed by atoms with Crippen molar-refractivity contribution in [1.29, 1.82) is 0 Å². The van der Waals surface area contributed by atoms with Crippen LogP contribution >= 0.6 is 0 Å². The molecule has 1 amide bonds. The first-order valence-corrected chi connectivity index (χ1v) is 7.30. The summed E-state index contributed by atoms with van der Waals surface area (Å²) in [7, 11) is 0. The summed E-state index contributed by atoms with van der Waals surface area (Å²) in [4.78, 5) is 16.2. The first kappa shape index (κ1) is 14.3. The quantitative estimate of drug-likeness (QED) is 0.784. The van der Waals surface area contributed by atoms with Gasteiger partial charge in [-0.1, -0.05) is 23.4 Å². The number of para-hydroxylation sites is 1. The fraction of sp³-hybridized carbons (Fsp3) is 0.312. The normalized spacial score (nSPS) is 11.0. The number of hydrogen-bond donors (Lipinski definition) is 1. The monoisotopic (exact) mass is 298 g/mol. The van der Waals surface area contributed by atoms with Crippen molar-refractivity contribution in [3.63, 3.8) is 0 Å². The first-order valence-electron chi connectivity index (χ1n) is 7.30. The number of hydrogen-bond acceptors (Lipinski definition) is 4. The highest BCUT2D eigenvalue weighted by molar-refractivity contribution is 5.89. The molecule has 0 saturated heterocycles. The van der Waals surface area contributed by atoms with E-state index < -0.39 is 0 Å². The van der Waals surface area contributed by atoms with Crippen LogP contribution in [0.25, 0.3) is 10.9 Å². The molecule has 3 aromatic rings. The molecule has 1 N–H and O–H groups in total. The molecule has 1 aromatic carbocycles. The number of benzene rings is 1. The lowest BCUT2D eigenvalue weighted by Crippen LogP contribution is -2.25. The van der Waals surface area contributed by atoms with Crippen LogP contribution in [0.2, 0.25) is 0 Å². The molecular weight excluding hydrogens is 280 g/mol. The number of aryl methyl sites for hydroxylation is 2. The minimum Gasteiger partial charge on any atom is -0.348 e. The first-order chi connectivity index (χ1) is 10.7. The second-order valence-corrected chi connectivity index (χ2v) is 5.14. The standard InChI is InChI=1S/C16H18N4O2/c1-3-20-10-12(13-6-4-5-7-14(13)20)8-16(21)17-9-15-18-11(2)22-19-15/h4-7,10H,3,8-9H2,1-2H3,(H,17,21). The zero-order valence-corrected chi connectivity index (χ0v) is 12.7. The minimum atomic E-state index is -0.0542. The summed E-state index contributed by atoms with van der Waals surface area (Å²) in [5.41, 5.74) is 2.18. The highest BCUT2D eigenvalue weighted by Crippen LogP contribution is 2.21. The average molecular weight is 298 g/mol. The van der Waals surface area contributed by atoms with E-state index in [1.54, 1.807) is 6.92 Å². The van der Waals surface area contributed by atoms with E-state index in [1.807, 2.05) is 24.4 Å². The Morgan fingerprint density at radius 2 is 2.18 bits per heavy atom. The largest absolute Gasteiger partial charge is 0.348 e. The zero-order valence-electron chi connectivity index (χ0n) is 12.7. The fourth-order valence-corrected chi connectivity index (χ4v) is 2.55. The van der Waals surface area contributed by atoms with E-state index in [1.165, 1.54) is 0 Å². The molecule has 0 unspecified atom stereocenters. The Morgan fingerprint density at radius 1 is 1.36 bits per heavy atom. The van der Waals surface area contributed by atoms with Crippen LogP contribution in [0.3, 0.4) is 0 Å². The maximum absolute atomic E-state index is 12.1. The van der Waals surface area contributed by atoms with E-state index in [0.717, 1.165) is 23.0 Å². The summed E-state index contributed by atoms with van der Waals surface area (Å²) < 4.78 is 7.03. The van der Waals surface area contributed by atoms with Crippen LogP contribution in [0, 0.1) is 6.92 Å². The molecule has 2 heterocycles. The maximum atomic E-state index is 12.1. The summed E-state index contributed by atoms with van der Waals surface area (Å²) in [6.07, 6.45) is 2.38. The summed E-state index contributed by atoms with van der Waals surface area (Å²) in [6, 6.07) is 8.12. The molecule has 0 aliphatic rings. The van der Waals surface area contributed by atoms with E-state index in [2.05, 4.69) is 33.0 Å². The molecule has 0 radical (unpaired) electrons. The molecule has 0 spiro atoms. The van der Waals surface area contributed by atoms with E-state index >= 15 is 0 Å². The third-order valence-electron chi connectivity index (χ3n) is 3.58. The number of rotatable bonds is 5. The number of aromatic nitrogens is 3. The lowest BCUT2D eigenvalue weighted by molar-refractivity contribution is -0.120. The Bertz CT molecular complexity index is 803. The van der Waals surface area contributed by atoms with Crippen molar-refractivity contribution < 1.29 is 9.32 Å². The van der Waals surface area contributed by atoms with Crippen LogP contribution in [-0.2, 0) is 24.3 Å². The maximum Gasteiger partial charge on any atom is 0.224 e. The van der Waals surface area contributed by atoms with Gasteiger partial charge in [-0.2, -0.15) is 4.98 Å². The van der Waals surface area contributed by atoms with E-state index in [-0.39, 0.29) is 12.5 Å². The molecule has 0 atom stereocenters. The van der Waals surface area contributed by atoms with Gasteiger partial charge in [0.05, 0.1) is 13.0 Å². The molecule has 3 rings (SSSR count). The molecule has 6 nitrogen and oxygen atoms in total. The van der Waals surface area contributed by atoms with Crippen molar-refractivity contribution in [3.8, 4) is 0 Å². The molecule has 0 fully saturated rings. The zero-order chi connectivity index (χ0) is 15.5. The molecule has 2 aromatic heterocycles. The van der Waals surface area contributed by atoms with E-state index in [4.69, 9.17) is 4.52 Å². The van der Waals surface area contributed by atoms with Gasteiger partial charge in [-0.15, -0.1) is 0 Å².